The Morgan fingerprint density at radius 3 is 2.70 bits per heavy atom. The lowest BCUT2D eigenvalue weighted by Crippen LogP contribution is -2.24. The molecule has 3 N–H and O–H groups in total. The molecule has 27 heavy (non-hydrogen) atoms. The van der Waals surface area contributed by atoms with Crippen molar-refractivity contribution in [3.63, 3.8) is 0 Å². The molecule has 0 radical (unpaired) electrons. The number of nitrogens with zero attached hydrogens (tertiary/aromatic N) is 2. The van der Waals surface area contributed by atoms with Gasteiger partial charge in [-0.05, 0) is 50.1 Å². The second-order valence-electron chi connectivity index (χ2n) is 6.67. The minimum atomic E-state index is 0. The summed E-state index contributed by atoms with van der Waals surface area (Å²) in [5.74, 6) is 0.879. The number of pyridine rings is 1. The van der Waals surface area contributed by atoms with Gasteiger partial charge in [0, 0.05) is 40.9 Å². The van der Waals surface area contributed by atoms with Crippen molar-refractivity contribution in [3.05, 3.63) is 47.9 Å². The van der Waals surface area contributed by atoms with Crippen LogP contribution in [0.5, 0.6) is 0 Å². The number of hydrogen-bond donors (Lipinski definition) is 3. The highest BCUT2D eigenvalue weighted by Gasteiger charge is 2.11. The van der Waals surface area contributed by atoms with E-state index in [0.717, 1.165) is 46.7 Å². The zero-order chi connectivity index (χ0) is 17.4. The predicted molar refractivity (Wildman–Crippen MR) is 116 cm³/mol. The van der Waals surface area contributed by atoms with Crippen LogP contribution in [0.3, 0.4) is 0 Å². The van der Waals surface area contributed by atoms with Crippen LogP contribution in [0.1, 0.15) is 46.5 Å². The van der Waals surface area contributed by atoms with Crippen molar-refractivity contribution in [1.82, 2.24) is 25.3 Å². The standard InChI is InChI=1S/C20H23N5.2CH4/c1-4-12(2)22-11-14-5-6-17-15(9-14)10-18(25-17)16-7-8-21-20-19(16)23-13(3)24-20;;/h5-10,12,22,25H,4,11H2,1-3H3,(H,21,23,24);2*1H4/t12-;;/m1../s1. The Labute approximate surface area is 161 Å². The highest BCUT2D eigenvalue weighted by Crippen LogP contribution is 2.29. The Morgan fingerprint density at radius 1 is 1.11 bits per heavy atom. The first-order valence-electron chi connectivity index (χ1n) is 8.80. The van der Waals surface area contributed by atoms with Crippen LogP contribution in [-0.2, 0) is 6.54 Å². The monoisotopic (exact) mass is 365 g/mol. The van der Waals surface area contributed by atoms with Gasteiger partial charge in [0.2, 0.25) is 0 Å². The van der Waals surface area contributed by atoms with Crippen molar-refractivity contribution in [1.29, 1.82) is 0 Å². The Kier molecular flexibility index (Phi) is 6.39. The minimum absolute atomic E-state index is 0. The molecule has 0 fully saturated rings. The van der Waals surface area contributed by atoms with Gasteiger partial charge in [0.15, 0.2) is 5.65 Å². The predicted octanol–water partition coefficient (Wildman–Crippen LogP) is 5.57. The second kappa shape index (κ2) is 8.35. The number of imidazole rings is 1. The maximum Gasteiger partial charge on any atom is 0.178 e. The molecule has 1 aromatic carbocycles. The first kappa shape index (κ1) is 20.6. The highest BCUT2D eigenvalue weighted by atomic mass is 15.0. The van der Waals surface area contributed by atoms with Crippen LogP contribution in [-0.4, -0.2) is 26.0 Å². The van der Waals surface area contributed by atoms with Crippen molar-refractivity contribution < 1.29 is 0 Å². The molecule has 0 amide bonds. The second-order valence-corrected chi connectivity index (χ2v) is 6.67. The number of fused-ring (bicyclic) bond motifs is 2. The first-order valence-corrected chi connectivity index (χ1v) is 8.80. The number of aromatic nitrogens is 4. The molecule has 0 spiro atoms. The maximum atomic E-state index is 4.43. The van der Waals surface area contributed by atoms with Crippen molar-refractivity contribution >= 4 is 22.1 Å². The molecular formula is C22H31N5. The Bertz CT molecular complexity index is 1030. The molecule has 3 heterocycles. The first-order chi connectivity index (χ1) is 12.1. The Balaban J connectivity index is 0.00000131. The summed E-state index contributed by atoms with van der Waals surface area (Å²) in [7, 11) is 0. The summed E-state index contributed by atoms with van der Waals surface area (Å²) in [5.41, 5.74) is 6.36. The third kappa shape index (κ3) is 4.03. The Morgan fingerprint density at radius 2 is 1.93 bits per heavy atom. The van der Waals surface area contributed by atoms with Crippen LogP contribution in [0.15, 0.2) is 36.5 Å². The summed E-state index contributed by atoms with van der Waals surface area (Å²) in [6, 6.07) is 11.3. The quantitative estimate of drug-likeness (QED) is 0.433. The van der Waals surface area contributed by atoms with E-state index in [1.54, 1.807) is 0 Å². The smallest absolute Gasteiger partial charge is 0.178 e. The van der Waals surface area contributed by atoms with Gasteiger partial charge in [0.25, 0.3) is 0 Å². The van der Waals surface area contributed by atoms with Crippen molar-refractivity contribution in [2.45, 2.75) is 54.6 Å². The van der Waals surface area contributed by atoms with Gasteiger partial charge in [-0.1, -0.05) is 27.8 Å². The van der Waals surface area contributed by atoms with Gasteiger partial charge in [0.05, 0.1) is 5.52 Å². The molecule has 5 nitrogen and oxygen atoms in total. The molecule has 0 aliphatic carbocycles. The fourth-order valence-corrected chi connectivity index (χ4v) is 3.12. The fraction of sp³-hybridized carbons (Fsp3) is 0.364. The number of rotatable bonds is 5. The molecule has 144 valence electrons. The largest absolute Gasteiger partial charge is 0.354 e. The Hall–Kier alpha value is -2.66. The van der Waals surface area contributed by atoms with Crippen LogP contribution >= 0.6 is 0 Å². The van der Waals surface area contributed by atoms with E-state index in [9.17, 15) is 0 Å². The van der Waals surface area contributed by atoms with E-state index in [1.165, 1.54) is 10.9 Å². The average molecular weight is 366 g/mol. The lowest BCUT2D eigenvalue weighted by molar-refractivity contribution is 0.534. The minimum Gasteiger partial charge on any atom is -0.354 e. The van der Waals surface area contributed by atoms with Gasteiger partial charge in [-0.2, -0.15) is 0 Å². The molecule has 4 rings (SSSR count). The average Bonchev–Trinajstić information content (AvgIpc) is 3.20. The summed E-state index contributed by atoms with van der Waals surface area (Å²) in [6.45, 7) is 7.26. The molecule has 3 aromatic heterocycles. The molecule has 1 atom stereocenters. The topological polar surface area (TPSA) is 69.4 Å². The lowest BCUT2D eigenvalue weighted by Gasteiger charge is -2.11. The van der Waals surface area contributed by atoms with Crippen molar-refractivity contribution in [2.24, 2.45) is 0 Å². The maximum absolute atomic E-state index is 4.43. The van der Waals surface area contributed by atoms with Crippen molar-refractivity contribution in [3.8, 4) is 11.3 Å². The van der Waals surface area contributed by atoms with E-state index in [4.69, 9.17) is 0 Å². The van der Waals surface area contributed by atoms with Crippen LogP contribution in [0.2, 0.25) is 0 Å². The summed E-state index contributed by atoms with van der Waals surface area (Å²) in [4.78, 5) is 15.6. The van der Waals surface area contributed by atoms with E-state index < -0.39 is 0 Å². The van der Waals surface area contributed by atoms with Gasteiger partial charge in [-0.15, -0.1) is 0 Å². The van der Waals surface area contributed by atoms with Crippen LogP contribution < -0.4 is 5.32 Å². The zero-order valence-corrected chi connectivity index (χ0v) is 14.9. The number of aromatic amines is 2. The highest BCUT2D eigenvalue weighted by molar-refractivity contribution is 5.94. The lowest BCUT2D eigenvalue weighted by atomic mass is 10.1. The molecule has 0 aliphatic heterocycles. The number of H-pyrrole nitrogens is 2. The number of aryl methyl sites for hydroxylation is 1. The molecule has 4 aromatic rings. The molecule has 0 unspecified atom stereocenters. The van der Waals surface area contributed by atoms with Gasteiger partial charge in [-0.3, -0.25) is 0 Å². The molecular weight excluding hydrogens is 334 g/mol. The SMILES string of the molecule is C.C.CC[C@@H](C)NCc1ccc2[nH]c(-c3ccnc4nc(C)[nH]c34)cc2c1. The van der Waals surface area contributed by atoms with Crippen molar-refractivity contribution in [2.75, 3.05) is 0 Å². The third-order valence-corrected chi connectivity index (χ3v) is 4.75. The summed E-state index contributed by atoms with van der Waals surface area (Å²) >= 11 is 0. The van der Waals surface area contributed by atoms with Gasteiger partial charge in [0.1, 0.15) is 5.82 Å². The van der Waals surface area contributed by atoms with E-state index in [0.29, 0.717) is 6.04 Å². The molecule has 0 saturated carbocycles. The van der Waals surface area contributed by atoms with Gasteiger partial charge < -0.3 is 15.3 Å². The van der Waals surface area contributed by atoms with E-state index >= 15 is 0 Å². The summed E-state index contributed by atoms with van der Waals surface area (Å²) in [5, 5.41) is 4.77. The summed E-state index contributed by atoms with van der Waals surface area (Å²) in [6.07, 6.45) is 2.95. The number of hydrogen-bond acceptors (Lipinski definition) is 3. The van der Waals surface area contributed by atoms with Gasteiger partial charge >= 0.3 is 0 Å². The van der Waals surface area contributed by atoms with E-state index in [1.807, 2.05) is 19.2 Å². The normalized spacial score (nSPS) is 12.0. The third-order valence-electron chi connectivity index (χ3n) is 4.75. The van der Waals surface area contributed by atoms with E-state index in [2.05, 4.69) is 63.4 Å². The zero-order valence-electron chi connectivity index (χ0n) is 14.9. The van der Waals surface area contributed by atoms with Crippen LogP contribution in [0.4, 0.5) is 0 Å². The molecule has 0 aliphatic rings. The molecule has 0 saturated heterocycles. The molecule has 0 bridgehead atoms. The van der Waals surface area contributed by atoms with Crippen LogP contribution in [0.25, 0.3) is 33.3 Å². The van der Waals surface area contributed by atoms with Gasteiger partial charge in [-0.25, -0.2) is 9.97 Å². The number of benzene rings is 1. The van der Waals surface area contributed by atoms with Crippen LogP contribution in [0, 0.1) is 6.92 Å². The number of nitrogens with one attached hydrogen (secondary N) is 3. The van der Waals surface area contributed by atoms with E-state index in [-0.39, 0.29) is 14.9 Å². The summed E-state index contributed by atoms with van der Waals surface area (Å²) < 4.78 is 0. The fourth-order valence-electron chi connectivity index (χ4n) is 3.12. The molecule has 5 heteroatoms.